The van der Waals surface area contributed by atoms with E-state index in [1.165, 1.54) is 10.9 Å². The summed E-state index contributed by atoms with van der Waals surface area (Å²) >= 11 is 0. The molecule has 0 aliphatic carbocycles. The standard InChI is InChI=1S/C14H19N3O/c1-10(8-14(15)18)16-7-6-11-9-17-13-5-3-2-4-12(11)13/h2-5,9-10,16-17H,6-8H2,1H3,(H2,15,18). The Labute approximate surface area is 107 Å². The van der Waals surface area contributed by atoms with E-state index in [9.17, 15) is 4.79 Å². The fourth-order valence-electron chi connectivity index (χ4n) is 2.17. The van der Waals surface area contributed by atoms with Gasteiger partial charge in [0.05, 0.1) is 0 Å². The number of hydrogen-bond donors (Lipinski definition) is 3. The van der Waals surface area contributed by atoms with Crippen LogP contribution in [0.25, 0.3) is 10.9 Å². The number of nitrogens with two attached hydrogens (primary N) is 1. The molecule has 2 rings (SSSR count). The lowest BCUT2D eigenvalue weighted by Gasteiger charge is -2.11. The van der Waals surface area contributed by atoms with Gasteiger partial charge in [-0.05, 0) is 31.5 Å². The number of amides is 1. The summed E-state index contributed by atoms with van der Waals surface area (Å²) in [6.45, 7) is 2.82. The van der Waals surface area contributed by atoms with E-state index in [0.717, 1.165) is 18.5 Å². The number of rotatable bonds is 6. The minimum Gasteiger partial charge on any atom is -0.370 e. The predicted molar refractivity (Wildman–Crippen MR) is 73.3 cm³/mol. The van der Waals surface area contributed by atoms with Crippen molar-refractivity contribution in [2.45, 2.75) is 25.8 Å². The fourth-order valence-corrected chi connectivity index (χ4v) is 2.17. The Kier molecular flexibility index (Phi) is 3.99. The van der Waals surface area contributed by atoms with Crippen molar-refractivity contribution in [3.05, 3.63) is 36.0 Å². The average Bonchev–Trinajstić information content (AvgIpc) is 2.72. The van der Waals surface area contributed by atoms with Crippen LogP contribution in [0.4, 0.5) is 0 Å². The summed E-state index contributed by atoms with van der Waals surface area (Å²) in [6, 6.07) is 8.39. The molecule has 0 aliphatic heterocycles. The Balaban J connectivity index is 1.89. The molecule has 4 nitrogen and oxygen atoms in total. The summed E-state index contributed by atoms with van der Waals surface area (Å²) in [4.78, 5) is 14.0. The minimum absolute atomic E-state index is 0.132. The van der Waals surface area contributed by atoms with E-state index in [2.05, 4.69) is 22.4 Å². The van der Waals surface area contributed by atoms with Crippen LogP contribution in [0.5, 0.6) is 0 Å². The Morgan fingerprint density at radius 2 is 2.22 bits per heavy atom. The third-order valence-corrected chi connectivity index (χ3v) is 3.07. The van der Waals surface area contributed by atoms with Gasteiger partial charge in [0.25, 0.3) is 0 Å². The maximum atomic E-state index is 10.8. The lowest BCUT2D eigenvalue weighted by molar-refractivity contribution is -0.118. The van der Waals surface area contributed by atoms with Crippen LogP contribution in [0, 0.1) is 0 Å². The Bertz CT molecular complexity index is 533. The first-order chi connectivity index (χ1) is 8.66. The number of primary amides is 1. The molecule has 1 aromatic carbocycles. The molecular weight excluding hydrogens is 226 g/mol. The molecule has 18 heavy (non-hydrogen) atoms. The molecule has 1 unspecified atom stereocenters. The van der Waals surface area contributed by atoms with Crippen molar-refractivity contribution in [3.63, 3.8) is 0 Å². The van der Waals surface area contributed by atoms with Crippen LogP contribution in [0.1, 0.15) is 18.9 Å². The van der Waals surface area contributed by atoms with Gasteiger partial charge in [-0.1, -0.05) is 18.2 Å². The van der Waals surface area contributed by atoms with Crippen molar-refractivity contribution in [1.29, 1.82) is 0 Å². The molecule has 0 fully saturated rings. The number of aromatic nitrogens is 1. The Hall–Kier alpha value is -1.81. The molecule has 0 saturated carbocycles. The number of benzene rings is 1. The van der Waals surface area contributed by atoms with Crippen molar-refractivity contribution in [2.75, 3.05) is 6.54 Å². The number of carbonyl (C=O) groups is 1. The number of carbonyl (C=O) groups excluding carboxylic acids is 1. The molecule has 96 valence electrons. The first-order valence-electron chi connectivity index (χ1n) is 6.23. The van der Waals surface area contributed by atoms with Crippen LogP contribution in [0.15, 0.2) is 30.5 Å². The van der Waals surface area contributed by atoms with Gasteiger partial charge < -0.3 is 16.0 Å². The van der Waals surface area contributed by atoms with Crippen LogP contribution in [-0.4, -0.2) is 23.5 Å². The van der Waals surface area contributed by atoms with E-state index < -0.39 is 0 Å². The summed E-state index contributed by atoms with van der Waals surface area (Å²) in [7, 11) is 0. The van der Waals surface area contributed by atoms with Crippen LogP contribution < -0.4 is 11.1 Å². The van der Waals surface area contributed by atoms with Gasteiger partial charge in [-0.15, -0.1) is 0 Å². The van der Waals surface area contributed by atoms with Gasteiger partial charge in [-0.25, -0.2) is 0 Å². The number of para-hydroxylation sites is 1. The van der Waals surface area contributed by atoms with E-state index >= 15 is 0 Å². The molecule has 4 N–H and O–H groups in total. The molecular formula is C14H19N3O. The van der Waals surface area contributed by atoms with Crippen molar-refractivity contribution in [2.24, 2.45) is 5.73 Å². The molecule has 2 aromatic rings. The third-order valence-electron chi connectivity index (χ3n) is 3.07. The largest absolute Gasteiger partial charge is 0.370 e. The van der Waals surface area contributed by atoms with Crippen molar-refractivity contribution in [1.82, 2.24) is 10.3 Å². The molecule has 1 aromatic heterocycles. The second-order valence-electron chi connectivity index (χ2n) is 4.64. The molecule has 0 radical (unpaired) electrons. The van der Waals surface area contributed by atoms with E-state index in [1.807, 2.05) is 25.3 Å². The second kappa shape index (κ2) is 5.69. The Morgan fingerprint density at radius 3 is 3.00 bits per heavy atom. The summed E-state index contributed by atoms with van der Waals surface area (Å²) in [5.74, 6) is -0.262. The summed E-state index contributed by atoms with van der Waals surface area (Å²) < 4.78 is 0. The van der Waals surface area contributed by atoms with Gasteiger partial charge in [0.2, 0.25) is 5.91 Å². The zero-order valence-corrected chi connectivity index (χ0v) is 10.6. The molecule has 1 atom stereocenters. The van der Waals surface area contributed by atoms with Gasteiger partial charge in [0.15, 0.2) is 0 Å². The number of H-pyrrole nitrogens is 1. The van der Waals surface area contributed by atoms with Gasteiger partial charge in [-0.2, -0.15) is 0 Å². The number of fused-ring (bicyclic) bond motifs is 1. The van der Waals surface area contributed by atoms with Crippen LogP contribution >= 0.6 is 0 Å². The molecule has 4 heteroatoms. The normalized spacial score (nSPS) is 12.7. The predicted octanol–water partition coefficient (Wildman–Crippen LogP) is 1.56. The number of hydrogen-bond acceptors (Lipinski definition) is 2. The molecule has 1 heterocycles. The molecule has 0 spiro atoms. The lowest BCUT2D eigenvalue weighted by atomic mass is 10.1. The first kappa shape index (κ1) is 12.6. The maximum Gasteiger partial charge on any atom is 0.218 e. The summed E-state index contributed by atoms with van der Waals surface area (Å²) in [5.41, 5.74) is 7.61. The molecule has 1 amide bonds. The maximum absolute atomic E-state index is 10.8. The zero-order valence-electron chi connectivity index (χ0n) is 10.6. The Morgan fingerprint density at radius 1 is 1.44 bits per heavy atom. The van der Waals surface area contributed by atoms with Crippen molar-refractivity contribution in [3.8, 4) is 0 Å². The average molecular weight is 245 g/mol. The van der Waals surface area contributed by atoms with E-state index in [-0.39, 0.29) is 11.9 Å². The van der Waals surface area contributed by atoms with E-state index in [1.54, 1.807) is 0 Å². The van der Waals surface area contributed by atoms with Gasteiger partial charge in [-0.3, -0.25) is 4.79 Å². The first-order valence-corrected chi connectivity index (χ1v) is 6.23. The lowest BCUT2D eigenvalue weighted by Crippen LogP contribution is -2.32. The fraction of sp³-hybridized carbons (Fsp3) is 0.357. The van der Waals surface area contributed by atoms with Crippen LogP contribution in [0.3, 0.4) is 0 Å². The molecule has 0 aliphatic rings. The summed E-state index contributed by atoms with van der Waals surface area (Å²) in [5, 5.41) is 4.57. The van der Waals surface area contributed by atoms with Crippen molar-refractivity contribution < 1.29 is 4.79 Å². The highest BCUT2D eigenvalue weighted by Crippen LogP contribution is 2.17. The second-order valence-corrected chi connectivity index (χ2v) is 4.64. The smallest absolute Gasteiger partial charge is 0.218 e. The van der Waals surface area contributed by atoms with Gasteiger partial charge >= 0.3 is 0 Å². The quantitative estimate of drug-likeness (QED) is 0.723. The number of nitrogens with one attached hydrogen (secondary N) is 2. The zero-order chi connectivity index (χ0) is 13.0. The highest BCUT2D eigenvalue weighted by molar-refractivity contribution is 5.83. The third kappa shape index (κ3) is 3.11. The molecule has 0 bridgehead atoms. The van der Waals surface area contributed by atoms with Gasteiger partial charge in [0.1, 0.15) is 0 Å². The van der Waals surface area contributed by atoms with E-state index in [0.29, 0.717) is 6.42 Å². The van der Waals surface area contributed by atoms with Crippen LogP contribution in [0.2, 0.25) is 0 Å². The highest BCUT2D eigenvalue weighted by atomic mass is 16.1. The monoisotopic (exact) mass is 245 g/mol. The van der Waals surface area contributed by atoms with Gasteiger partial charge in [0, 0.05) is 29.6 Å². The molecule has 0 saturated heterocycles. The topological polar surface area (TPSA) is 70.9 Å². The van der Waals surface area contributed by atoms with Crippen molar-refractivity contribution >= 4 is 16.8 Å². The highest BCUT2D eigenvalue weighted by Gasteiger charge is 2.06. The van der Waals surface area contributed by atoms with E-state index in [4.69, 9.17) is 5.73 Å². The minimum atomic E-state index is -0.262. The summed E-state index contributed by atoms with van der Waals surface area (Å²) in [6.07, 6.45) is 3.37. The van der Waals surface area contributed by atoms with Crippen LogP contribution in [-0.2, 0) is 11.2 Å². The number of aromatic amines is 1. The SMILES string of the molecule is CC(CC(N)=O)NCCc1c[nH]c2ccccc12.